The molecule has 0 saturated heterocycles. The van der Waals surface area contributed by atoms with Crippen molar-refractivity contribution < 1.29 is 4.39 Å². The van der Waals surface area contributed by atoms with E-state index >= 15 is 0 Å². The minimum atomic E-state index is -0.208. The maximum absolute atomic E-state index is 13.6. The molecule has 1 aromatic carbocycles. The molecule has 19 heavy (non-hydrogen) atoms. The Morgan fingerprint density at radius 3 is 2.74 bits per heavy atom. The lowest BCUT2D eigenvalue weighted by Gasteiger charge is -2.09. The van der Waals surface area contributed by atoms with E-state index < -0.39 is 0 Å². The molecule has 2 nitrogen and oxygen atoms in total. The number of aromatic nitrogens is 2. The van der Waals surface area contributed by atoms with E-state index in [1.807, 2.05) is 6.07 Å². The van der Waals surface area contributed by atoms with E-state index in [1.165, 1.54) is 12.5 Å². The first kappa shape index (κ1) is 14.3. The molecule has 104 valence electrons. The largest absolute Gasteiger partial charge is 0.327 e. The molecular weight excluding hydrogens is 263 g/mol. The van der Waals surface area contributed by atoms with Crippen LogP contribution in [0, 0.1) is 18.7 Å². The first-order chi connectivity index (χ1) is 9.02. The standard InChI is InChI=1S/C15H20ClFN2/c1-10(2)5-4-6-19-14-7-11(3)12(17)8-13(14)18-15(19)9-16/h7-8,10H,4-6,9H2,1-3H3. The number of nitrogens with zero attached hydrogens (tertiary/aromatic N) is 2. The first-order valence-electron chi connectivity index (χ1n) is 6.74. The van der Waals surface area contributed by atoms with Crippen molar-refractivity contribution in [2.24, 2.45) is 5.92 Å². The number of halogens is 2. The molecule has 0 aliphatic carbocycles. The van der Waals surface area contributed by atoms with Crippen LogP contribution in [-0.2, 0) is 12.4 Å². The van der Waals surface area contributed by atoms with Gasteiger partial charge in [0.2, 0.25) is 0 Å². The summed E-state index contributed by atoms with van der Waals surface area (Å²) in [6, 6.07) is 3.36. The smallest absolute Gasteiger partial charge is 0.128 e. The molecule has 1 aromatic heterocycles. The van der Waals surface area contributed by atoms with Crippen molar-refractivity contribution >= 4 is 22.6 Å². The molecule has 4 heteroatoms. The molecule has 2 aromatic rings. The van der Waals surface area contributed by atoms with Gasteiger partial charge in [-0.3, -0.25) is 0 Å². The molecule has 1 heterocycles. The number of imidazole rings is 1. The zero-order valence-electron chi connectivity index (χ0n) is 11.7. The number of fused-ring (bicyclic) bond motifs is 1. The Morgan fingerprint density at radius 2 is 2.11 bits per heavy atom. The maximum atomic E-state index is 13.6. The van der Waals surface area contributed by atoms with Crippen molar-refractivity contribution in [3.05, 3.63) is 29.3 Å². The van der Waals surface area contributed by atoms with E-state index in [4.69, 9.17) is 11.6 Å². The summed E-state index contributed by atoms with van der Waals surface area (Å²) in [5, 5.41) is 0. The highest BCUT2D eigenvalue weighted by molar-refractivity contribution is 6.16. The SMILES string of the molecule is Cc1cc2c(cc1F)nc(CCl)n2CCCC(C)C. The van der Waals surface area contributed by atoms with E-state index in [-0.39, 0.29) is 5.82 Å². The summed E-state index contributed by atoms with van der Waals surface area (Å²) in [6.07, 6.45) is 2.25. The van der Waals surface area contributed by atoms with Crippen LogP contribution in [0.3, 0.4) is 0 Å². The van der Waals surface area contributed by atoms with Crippen molar-refractivity contribution in [3.63, 3.8) is 0 Å². The van der Waals surface area contributed by atoms with Crippen LogP contribution in [0.4, 0.5) is 4.39 Å². The van der Waals surface area contributed by atoms with E-state index in [1.54, 1.807) is 6.92 Å². The fourth-order valence-corrected chi connectivity index (χ4v) is 2.51. The molecule has 0 saturated carbocycles. The van der Waals surface area contributed by atoms with Gasteiger partial charge in [0.05, 0.1) is 16.9 Å². The third kappa shape index (κ3) is 3.08. The second-order valence-corrected chi connectivity index (χ2v) is 5.71. The van der Waals surface area contributed by atoms with Gasteiger partial charge in [-0.05, 0) is 37.3 Å². The lowest BCUT2D eigenvalue weighted by atomic mass is 10.1. The summed E-state index contributed by atoms with van der Waals surface area (Å²) < 4.78 is 15.7. The third-order valence-corrected chi connectivity index (χ3v) is 3.63. The summed E-state index contributed by atoms with van der Waals surface area (Å²) in [5.74, 6) is 1.66. The lowest BCUT2D eigenvalue weighted by molar-refractivity contribution is 0.512. The lowest BCUT2D eigenvalue weighted by Crippen LogP contribution is -2.04. The Morgan fingerprint density at radius 1 is 1.37 bits per heavy atom. The quantitative estimate of drug-likeness (QED) is 0.729. The zero-order valence-corrected chi connectivity index (χ0v) is 12.5. The highest BCUT2D eigenvalue weighted by atomic mass is 35.5. The van der Waals surface area contributed by atoms with Crippen LogP contribution in [0.1, 0.15) is 38.1 Å². The molecule has 0 aliphatic rings. The molecule has 0 radical (unpaired) electrons. The highest BCUT2D eigenvalue weighted by Gasteiger charge is 2.12. The van der Waals surface area contributed by atoms with Crippen LogP contribution < -0.4 is 0 Å². The molecule has 0 spiro atoms. The number of aryl methyl sites for hydroxylation is 2. The van der Waals surface area contributed by atoms with E-state index in [0.717, 1.165) is 24.3 Å². The number of hydrogen-bond acceptors (Lipinski definition) is 1. The van der Waals surface area contributed by atoms with Crippen molar-refractivity contribution in [2.45, 2.75) is 46.0 Å². The third-order valence-electron chi connectivity index (χ3n) is 3.39. The van der Waals surface area contributed by atoms with Crippen LogP contribution in [0.25, 0.3) is 11.0 Å². The molecule has 0 N–H and O–H groups in total. The van der Waals surface area contributed by atoms with Crippen molar-refractivity contribution in [1.82, 2.24) is 9.55 Å². The number of alkyl halides is 1. The summed E-state index contributed by atoms with van der Waals surface area (Å²) in [5.41, 5.74) is 2.33. The van der Waals surface area contributed by atoms with E-state index in [2.05, 4.69) is 23.4 Å². The van der Waals surface area contributed by atoms with Crippen LogP contribution in [-0.4, -0.2) is 9.55 Å². The van der Waals surface area contributed by atoms with Crippen molar-refractivity contribution in [2.75, 3.05) is 0 Å². The van der Waals surface area contributed by atoms with Gasteiger partial charge in [0, 0.05) is 12.6 Å². The van der Waals surface area contributed by atoms with Crippen LogP contribution in [0.5, 0.6) is 0 Å². The fraction of sp³-hybridized carbons (Fsp3) is 0.533. The zero-order chi connectivity index (χ0) is 14.0. The predicted molar refractivity (Wildman–Crippen MR) is 78.1 cm³/mol. The molecule has 0 bridgehead atoms. The van der Waals surface area contributed by atoms with E-state index in [0.29, 0.717) is 22.9 Å². The topological polar surface area (TPSA) is 17.8 Å². The molecule has 2 rings (SSSR count). The van der Waals surface area contributed by atoms with Gasteiger partial charge >= 0.3 is 0 Å². The highest BCUT2D eigenvalue weighted by Crippen LogP contribution is 2.22. The molecular formula is C15H20ClFN2. The monoisotopic (exact) mass is 282 g/mol. The fourth-order valence-electron chi connectivity index (χ4n) is 2.31. The average molecular weight is 283 g/mol. The Kier molecular flexibility index (Phi) is 4.46. The normalized spacial score (nSPS) is 11.7. The number of rotatable bonds is 5. The first-order valence-corrected chi connectivity index (χ1v) is 7.27. The van der Waals surface area contributed by atoms with Gasteiger partial charge in [-0.15, -0.1) is 11.6 Å². The Balaban J connectivity index is 2.36. The molecule has 0 fully saturated rings. The molecule has 0 amide bonds. The van der Waals surface area contributed by atoms with Gasteiger partial charge < -0.3 is 4.57 Å². The van der Waals surface area contributed by atoms with Gasteiger partial charge in [-0.1, -0.05) is 13.8 Å². The van der Waals surface area contributed by atoms with Crippen LogP contribution in [0.15, 0.2) is 12.1 Å². The molecule has 0 unspecified atom stereocenters. The number of benzene rings is 1. The van der Waals surface area contributed by atoms with Crippen LogP contribution in [0.2, 0.25) is 0 Å². The second kappa shape index (κ2) is 5.91. The van der Waals surface area contributed by atoms with Gasteiger partial charge in [0.15, 0.2) is 0 Å². The van der Waals surface area contributed by atoms with Crippen molar-refractivity contribution in [3.8, 4) is 0 Å². The van der Waals surface area contributed by atoms with Gasteiger partial charge in [0.25, 0.3) is 0 Å². The Bertz CT molecular complexity index is 575. The summed E-state index contributed by atoms with van der Waals surface area (Å²) >= 11 is 5.95. The summed E-state index contributed by atoms with van der Waals surface area (Å²) in [6.45, 7) is 7.10. The summed E-state index contributed by atoms with van der Waals surface area (Å²) in [4.78, 5) is 4.42. The minimum Gasteiger partial charge on any atom is -0.327 e. The predicted octanol–water partition coefficient (Wildman–Crippen LogP) is 4.66. The second-order valence-electron chi connectivity index (χ2n) is 5.44. The Hall–Kier alpha value is -1.09. The van der Waals surface area contributed by atoms with Gasteiger partial charge in [0.1, 0.15) is 11.6 Å². The average Bonchev–Trinajstić information content (AvgIpc) is 2.67. The van der Waals surface area contributed by atoms with Gasteiger partial charge in [-0.2, -0.15) is 0 Å². The van der Waals surface area contributed by atoms with Gasteiger partial charge in [-0.25, -0.2) is 9.37 Å². The van der Waals surface area contributed by atoms with Crippen LogP contribution >= 0.6 is 11.6 Å². The molecule has 0 atom stereocenters. The minimum absolute atomic E-state index is 0.208. The maximum Gasteiger partial charge on any atom is 0.128 e. The molecule has 0 aliphatic heterocycles. The van der Waals surface area contributed by atoms with Crippen molar-refractivity contribution in [1.29, 1.82) is 0 Å². The Labute approximate surface area is 118 Å². The summed E-state index contributed by atoms with van der Waals surface area (Å²) in [7, 11) is 0. The van der Waals surface area contributed by atoms with E-state index in [9.17, 15) is 4.39 Å². The number of hydrogen-bond donors (Lipinski definition) is 0.